The van der Waals surface area contributed by atoms with Crippen LogP contribution in [0.1, 0.15) is 6.42 Å². The number of hydrogen-bond donors (Lipinski definition) is 0. The summed E-state index contributed by atoms with van der Waals surface area (Å²) in [4.78, 5) is 13.1. The van der Waals surface area contributed by atoms with Gasteiger partial charge in [0.2, 0.25) is 15.0 Å². The van der Waals surface area contributed by atoms with Gasteiger partial charge in [0.1, 0.15) is 5.25 Å². The molecule has 1 heterocycles. The molecule has 2 rings (SSSR count). The van der Waals surface area contributed by atoms with Crippen LogP contribution in [0.15, 0.2) is 28.7 Å². The van der Waals surface area contributed by atoms with Gasteiger partial charge in [-0.25, -0.2) is 8.42 Å². The van der Waals surface area contributed by atoms with E-state index in [1.807, 2.05) is 0 Å². The van der Waals surface area contributed by atoms with Crippen molar-refractivity contribution in [3.05, 3.63) is 28.7 Å². The van der Waals surface area contributed by atoms with Crippen molar-refractivity contribution < 1.29 is 13.2 Å². The molecule has 1 fully saturated rings. The molecule has 1 saturated heterocycles. The summed E-state index contributed by atoms with van der Waals surface area (Å²) in [6, 6.07) is 7.10. The molecule has 92 valence electrons. The van der Waals surface area contributed by atoms with E-state index in [2.05, 4.69) is 15.9 Å². The molecule has 1 aliphatic heterocycles. The maximum atomic E-state index is 11.7. The van der Waals surface area contributed by atoms with E-state index in [0.29, 0.717) is 5.69 Å². The van der Waals surface area contributed by atoms with Crippen LogP contribution in [0.5, 0.6) is 0 Å². The SMILES string of the molecule is O=C1CC(S(=O)(=O)Cl)CN1c1ccc(Br)cc1. The Morgan fingerprint density at radius 2 is 1.88 bits per heavy atom. The van der Waals surface area contributed by atoms with Gasteiger partial charge >= 0.3 is 0 Å². The lowest BCUT2D eigenvalue weighted by Gasteiger charge is -2.16. The van der Waals surface area contributed by atoms with Crippen molar-refractivity contribution in [1.82, 2.24) is 0 Å². The van der Waals surface area contributed by atoms with E-state index in [1.54, 1.807) is 24.3 Å². The zero-order valence-corrected chi connectivity index (χ0v) is 11.8. The molecular weight excluding hydrogens is 330 g/mol. The molecule has 1 aliphatic rings. The standard InChI is InChI=1S/C10H9BrClNO3S/c11-7-1-3-8(4-2-7)13-6-9(5-10(13)14)17(12,15)16/h1-4,9H,5-6H2. The van der Waals surface area contributed by atoms with E-state index in [1.165, 1.54) is 4.90 Å². The van der Waals surface area contributed by atoms with Crippen molar-refractivity contribution in [2.45, 2.75) is 11.7 Å². The molecule has 0 aliphatic carbocycles. The molecule has 0 aromatic heterocycles. The van der Waals surface area contributed by atoms with Crippen LogP contribution < -0.4 is 4.90 Å². The lowest BCUT2D eigenvalue weighted by molar-refractivity contribution is -0.117. The third kappa shape index (κ3) is 2.81. The number of hydrogen-bond acceptors (Lipinski definition) is 3. The molecule has 1 aromatic carbocycles. The lowest BCUT2D eigenvalue weighted by atomic mass is 10.3. The Kier molecular flexibility index (Phi) is 3.47. The Labute approximate surface area is 112 Å². The fraction of sp³-hybridized carbons (Fsp3) is 0.300. The predicted molar refractivity (Wildman–Crippen MR) is 69.7 cm³/mol. The van der Waals surface area contributed by atoms with Gasteiger partial charge in [-0.2, -0.15) is 0 Å². The second-order valence-electron chi connectivity index (χ2n) is 3.78. The first kappa shape index (κ1) is 12.9. The molecule has 1 atom stereocenters. The highest BCUT2D eigenvalue weighted by Gasteiger charge is 2.37. The number of amides is 1. The number of nitrogens with zero attached hydrogens (tertiary/aromatic N) is 1. The number of halogens is 2. The molecule has 0 radical (unpaired) electrons. The summed E-state index contributed by atoms with van der Waals surface area (Å²) in [7, 11) is 1.58. The van der Waals surface area contributed by atoms with Gasteiger partial charge < -0.3 is 4.90 Å². The molecule has 1 unspecified atom stereocenters. The van der Waals surface area contributed by atoms with Gasteiger partial charge in [0.05, 0.1) is 0 Å². The van der Waals surface area contributed by atoms with E-state index < -0.39 is 14.3 Å². The number of carbonyl (C=O) groups is 1. The van der Waals surface area contributed by atoms with Crippen LogP contribution in [0.3, 0.4) is 0 Å². The summed E-state index contributed by atoms with van der Waals surface area (Å²) >= 11 is 3.29. The number of anilines is 1. The van der Waals surface area contributed by atoms with Gasteiger partial charge in [-0.1, -0.05) is 15.9 Å². The monoisotopic (exact) mass is 337 g/mol. The largest absolute Gasteiger partial charge is 0.311 e. The summed E-state index contributed by atoms with van der Waals surface area (Å²) < 4.78 is 23.3. The van der Waals surface area contributed by atoms with Crippen LogP contribution in [0, 0.1) is 0 Å². The van der Waals surface area contributed by atoms with Crippen LogP contribution in [0.4, 0.5) is 5.69 Å². The zero-order chi connectivity index (χ0) is 12.6. The quantitative estimate of drug-likeness (QED) is 0.776. The first-order valence-electron chi connectivity index (χ1n) is 4.87. The van der Waals surface area contributed by atoms with Crippen molar-refractivity contribution in [1.29, 1.82) is 0 Å². The lowest BCUT2D eigenvalue weighted by Crippen LogP contribution is -2.26. The molecule has 1 aromatic rings. The van der Waals surface area contributed by atoms with Gasteiger partial charge in [-0.3, -0.25) is 4.79 Å². The van der Waals surface area contributed by atoms with E-state index in [0.717, 1.165) is 4.47 Å². The predicted octanol–water partition coefficient (Wildman–Crippen LogP) is 2.12. The van der Waals surface area contributed by atoms with Crippen molar-refractivity contribution in [2.75, 3.05) is 11.4 Å². The van der Waals surface area contributed by atoms with Crippen LogP contribution >= 0.6 is 26.6 Å². The van der Waals surface area contributed by atoms with Crippen molar-refractivity contribution >= 4 is 47.3 Å². The third-order valence-electron chi connectivity index (χ3n) is 2.63. The Balaban J connectivity index is 2.24. The molecule has 0 saturated carbocycles. The van der Waals surface area contributed by atoms with E-state index in [9.17, 15) is 13.2 Å². The third-order valence-corrected chi connectivity index (χ3v) is 5.02. The summed E-state index contributed by atoms with van der Waals surface area (Å²) in [6.07, 6.45) is -0.0537. The van der Waals surface area contributed by atoms with Crippen molar-refractivity contribution in [3.8, 4) is 0 Å². The molecule has 7 heteroatoms. The van der Waals surface area contributed by atoms with Crippen molar-refractivity contribution in [2.24, 2.45) is 0 Å². The Bertz CT molecular complexity index is 543. The zero-order valence-electron chi connectivity index (χ0n) is 8.64. The minimum atomic E-state index is -3.68. The van der Waals surface area contributed by atoms with E-state index in [-0.39, 0.29) is 18.9 Å². The van der Waals surface area contributed by atoms with Gasteiger partial charge in [-0.05, 0) is 24.3 Å². The average molecular weight is 339 g/mol. The van der Waals surface area contributed by atoms with Crippen LogP contribution in [-0.4, -0.2) is 26.1 Å². The molecule has 4 nitrogen and oxygen atoms in total. The fourth-order valence-electron chi connectivity index (χ4n) is 1.73. The first-order chi connectivity index (χ1) is 7.88. The number of carbonyl (C=O) groups excluding carboxylic acids is 1. The first-order valence-corrected chi connectivity index (χ1v) is 8.04. The van der Waals surface area contributed by atoms with Crippen LogP contribution in [0.25, 0.3) is 0 Å². The molecular formula is C10H9BrClNO3S. The fourth-order valence-corrected chi connectivity index (χ4v) is 3.03. The Hall–Kier alpha value is -0.590. The van der Waals surface area contributed by atoms with Gasteiger partial charge in [0, 0.05) is 33.8 Å². The highest BCUT2D eigenvalue weighted by molar-refractivity contribution is 9.10. The maximum absolute atomic E-state index is 11.7. The second kappa shape index (κ2) is 4.59. The molecule has 0 spiro atoms. The van der Waals surface area contributed by atoms with Gasteiger partial charge in [0.15, 0.2) is 0 Å². The van der Waals surface area contributed by atoms with Crippen molar-refractivity contribution in [3.63, 3.8) is 0 Å². The molecule has 17 heavy (non-hydrogen) atoms. The van der Waals surface area contributed by atoms with Crippen LogP contribution in [-0.2, 0) is 13.8 Å². The summed E-state index contributed by atoms with van der Waals surface area (Å²) in [5.41, 5.74) is 0.681. The Morgan fingerprint density at radius 3 is 2.35 bits per heavy atom. The van der Waals surface area contributed by atoms with E-state index >= 15 is 0 Å². The molecule has 1 amide bonds. The highest BCUT2D eigenvalue weighted by atomic mass is 79.9. The van der Waals surface area contributed by atoms with Gasteiger partial charge in [0.25, 0.3) is 0 Å². The summed E-state index contributed by atoms with van der Waals surface area (Å²) in [6.45, 7) is 0.117. The van der Waals surface area contributed by atoms with Crippen LogP contribution in [0.2, 0.25) is 0 Å². The average Bonchev–Trinajstić information content (AvgIpc) is 2.61. The number of benzene rings is 1. The van der Waals surface area contributed by atoms with E-state index in [4.69, 9.17) is 10.7 Å². The highest BCUT2D eigenvalue weighted by Crippen LogP contribution is 2.27. The maximum Gasteiger partial charge on any atom is 0.237 e. The van der Waals surface area contributed by atoms with Gasteiger partial charge in [-0.15, -0.1) is 0 Å². The molecule has 0 bridgehead atoms. The minimum absolute atomic E-state index is 0.0537. The smallest absolute Gasteiger partial charge is 0.237 e. The minimum Gasteiger partial charge on any atom is -0.311 e. The Morgan fingerprint density at radius 1 is 1.29 bits per heavy atom. The topological polar surface area (TPSA) is 54.5 Å². The normalized spacial score (nSPS) is 20.9. The second-order valence-corrected chi connectivity index (χ2v) is 7.61. The summed E-state index contributed by atoms with van der Waals surface area (Å²) in [5.74, 6) is -0.221. The summed E-state index contributed by atoms with van der Waals surface area (Å²) in [5, 5.41) is -0.819. The molecule has 0 N–H and O–H groups in total. The number of rotatable bonds is 2.